The maximum Gasteiger partial charge on any atom is 0.246 e. The fourth-order valence-electron chi connectivity index (χ4n) is 2.04. The lowest BCUT2D eigenvalue weighted by Crippen LogP contribution is -2.60. The van der Waals surface area contributed by atoms with E-state index in [1.165, 1.54) is 0 Å². The van der Waals surface area contributed by atoms with Gasteiger partial charge in [0.25, 0.3) is 0 Å². The molecule has 17 heavy (non-hydrogen) atoms. The Morgan fingerprint density at radius 2 is 2.24 bits per heavy atom. The minimum absolute atomic E-state index is 0.0856. The SMILES string of the molecule is CC1CN(c2ccccc2Br)C(=O)C(CO)N1. The molecular formula is C12H15BrN2O2. The summed E-state index contributed by atoms with van der Waals surface area (Å²) >= 11 is 3.44. The molecule has 1 aliphatic rings. The summed E-state index contributed by atoms with van der Waals surface area (Å²) in [6.45, 7) is 2.43. The van der Waals surface area contributed by atoms with Gasteiger partial charge in [-0.05, 0) is 35.0 Å². The molecule has 1 heterocycles. The van der Waals surface area contributed by atoms with Gasteiger partial charge in [-0.2, -0.15) is 0 Å². The first kappa shape index (κ1) is 12.5. The van der Waals surface area contributed by atoms with Gasteiger partial charge in [0.15, 0.2) is 0 Å². The number of carbonyl (C=O) groups is 1. The summed E-state index contributed by atoms with van der Waals surface area (Å²) in [5.41, 5.74) is 0.851. The highest BCUT2D eigenvalue weighted by atomic mass is 79.9. The van der Waals surface area contributed by atoms with Crippen LogP contribution < -0.4 is 10.2 Å². The number of anilines is 1. The van der Waals surface area contributed by atoms with E-state index in [1.54, 1.807) is 4.90 Å². The second kappa shape index (κ2) is 5.16. The molecular weight excluding hydrogens is 284 g/mol. The Bertz CT molecular complexity index is 425. The van der Waals surface area contributed by atoms with Crippen LogP contribution in [0.5, 0.6) is 0 Å². The molecule has 1 aliphatic heterocycles. The standard InChI is InChI=1S/C12H15BrN2O2/c1-8-6-15(12(17)10(7-16)14-8)11-5-3-2-4-9(11)13/h2-5,8,10,14,16H,6-7H2,1H3. The average Bonchev–Trinajstić information content (AvgIpc) is 2.32. The van der Waals surface area contributed by atoms with Crippen LogP contribution in [0.4, 0.5) is 5.69 Å². The summed E-state index contributed by atoms with van der Waals surface area (Å²) in [5.74, 6) is -0.0856. The topological polar surface area (TPSA) is 52.6 Å². The van der Waals surface area contributed by atoms with Gasteiger partial charge in [-0.15, -0.1) is 0 Å². The third-order valence-corrected chi connectivity index (χ3v) is 3.50. The monoisotopic (exact) mass is 298 g/mol. The quantitative estimate of drug-likeness (QED) is 0.861. The van der Waals surface area contributed by atoms with Gasteiger partial charge in [-0.3, -0.25) is 10.1 Å². The van der Waals surface area contributed by atoms with Crippen LogP contribution in [0.2, 0.25) is 0 Å². The predicted molar refractivity (Wildman–Crippen MR) is 70.0 cm³/mol. The van der Waals surface area contributed by atoms with E-state index in [1.807, 2.05) is 31.2 Å². The largest absolute Gasteiger partial charge is 0.394 e. The van der Waals surface area contributed by atoms with Crippen LogP contribution in [0.3, 0.4) is 0 Å². The number of hydrogen-bond donors (Lipinski definition) is 2. The Labute approximate surface area is 109 Å². The van der Waals surface area contributed by atoms with Gasteiger partial charge < -0.3 is 10.0 Å². The highest BCUT2D eigenvalue weighted by molar-refractivity contribution is 9.10. The highest BCUT2D eigenvalue weighted by Gasteiger charge is 2.32. The second-order valence-corrected chi connectivity index (χ2v) is 5.06. The minimum Gasteiger partial charge on any atom is -0.394 e. The number of rotatable bonds is 2. The predicted octanol–water partition coefficient (Wildman–Crippen LogP) is 1.13. The lowest BCUT2D eigenvalue weighted by molar-refractivity contribution is -0.123. The number of amides is 1. The Hall–Kier alpha value is -0.910. The maximum atomic E-state index is 12.1. The molecule has 2 rings (SSSR count). The fraction of sp³-hybridized carbons (Fsp3) is 0.417. The Balaban J connectivity index is 2.31. The molecule has 0 bridgehead atoms. The molecule has 0 aliphatic carbocycles. The van der Waals surface area contributed by atoms with Crippen LogP contribution >= 0.6 is 15.9 Å². The number of aliphatic hydroxyl groups is 1. The number of piperazine rings is 1. The molecule has 0 aromatic heterocycles. The van der Waals surface area contributed by atoms with Crippen molar-refractivity contribution in [2.24, 2.45) is 0 Å². The van der Waals surface area contributed by atoms with Crippen LogP contribution in [-0.4, -0.2) is 36.2 Å². The molecule has 2 atom stereocenters. The second-order valence-electron chi connectivity index (χ2n) is 4.20. The minimum atomic E-state index is -0.508. The van der Waals surface area contributed by atoms with Gasteiger partial charge in [0.05, 0.1) is 12.3 Å². The van der Waals surface area contributed by atoms with Crippen molar-refractivity contribution in [2.45, 2.75) is 19.0 Å². The number of nitrogens with one attached hydrogen (secondary N) is 1. The smallest absolute Gasteiger partial charge is 0.246 e. The van der Waals surface area contributed by atoms with Crippen molar-refractivity contribution in [3.8, 4) is 0 Å². The van der Waals surface area contributed by atoms with E-state index >= 15 is 0 Å². The summed E-state index contributed by atoms with van der Waals surface area (Å²) in [4.78, 5) is 13.9. The number of aliphatic hydroxyl groups excluding tert-OH is 1. The summed E-state index contributed by atoms with van der Waals surface area (Å²) in [5, 5.41) is 12.3. The Morgan fingerprint density at radius 1 is 1.53 bits per heavy atom. The lowest BCUT2D eigenvalue weighted by atomic mass is 10.1. The van der Waals surface area contributed by atoms with E-state index in [4.69, 9.17) is 0 Å². The average molecular weight is 299 g/mol. The normalized spacial score (nSPS) is 25.1. The molecule has 4 nitrogen and oxygen atoms in total. The van der Waals surface area contributed by atoms with Crippen molar-refractivity contribution in [2.75, 3.05) is 18.1 Å². The molecule has 1 amide bonds. The number of carbonyl (C=O) groups excluding carboxylic acids is 1. The van der Waals surface area contributed by atoms with Gasteiger partial charge in [0, 0.05) is 17.1 Å². The Kier molecular flexibility index (Phi) is 3.81. The molecule has 2 N–H and O–H groups in total. The molecule has 1 saturated heterocycles. The van der Waals surface area contributed by atoms with E-state index in [9.17, 15) is 9.90 Å². The van der Waals surface area contributed by atoms with Crippen LogP contribution in [-0.2, 0) is 4.79 Å². The van der Waals surface area contributed by atoms with Gasteiger partial charge in [0.1, 0.15) is 6.04 Å². The fourth-order valence-corrected chi connectivity index (χ4v) is 2.54. The third-order valence-electron chi connectivity index (χ3n) is 2.83. The van der Waals surface area contributed by atoms with Crippen molar-refractivity contribution >= 4 is 27.5 Å². The summed E-state index contributed by atoms with van der Waals surface area (Å²) in [6.07, 6.45) is 0. The number of halogens is 1. The van der Waals surface area contributed by atoms with Crippen molar-refractivity contribution in [1.29, 1.82) is 0 Å². The zero-order valence-electron chi connectivity index (χ0n) is 9.56. The highest BCUT2D eigenvalue weighted by Crippen LogP contribution is 2.27. The van der Waals surface area contributed by atoms with E-state index in [0.29, 0.717) is 6.54 Å². The maximum absolute atomic E-state index is 12.1. The van der Waals surface area contributed by atoms with Crippen LogP contribution in [0, 0.1) is 0 Å². The molecule has 2 unspecified atom stereocenters. The number of benzene rings is 1. The van der Waals surface area contributed by atoms with Crippen LogP contribution in [0.15, 0.2) is 28.7 Å². The van der Waals surface area contributed by atoms with Gasteiger partial charge >= 0.3 is 0 Å². The molecule has 1 aromatic carbocycles. The van der Waals surface area contributed by atoms with E-state index < -0.39 is 6.04 Å². The van der Waals surface area contributed by atoms with Crippen molar-refractivity contribution < 1.29 is 9.90 Å². The molecule has 0 spiro atoms. The molecule has 0 saturated carbocycles. The summed E-state index contributed by atoms with van der Waals surface area (Å²) in [7, 11) is 0. The van der Waals surface area contributed by atoms with Gasteiger partial charge in [-0.25, -0.2) is 0 Å². The van der Waals surface area contributed by atoms with E-state index in [0.717, 1.165) is 10.2 Å². The first-order valence-electron chi connectivity index (χ1n) is 5.56. The lowest BCUT2D eigenvalue weighted by Gasteiger charge is -2.36. The van der Waals surface area contributed by atoms with Gasteiger partial charge in [0.2, 0.25) is 5.91 Å². The van der Waals surface area contributed by atoms with Gasteiger partial charge in [-0.1, -0.05) is 12.1 Å². The summed E-state index contributed by atoms with van der Waals surface area (Å²) in [6, 6.07) is 7.27. The molecule has 0 radical (unpaired) electrons. The van der Waals surface area contributed by atoms with Crippen molar-refractivity contribution in [3.05, 3.63) is 28.7 Å². The van der Waals surface area contributed by atoms with Crippen LogP contribution in [0.1, 0.15) is 6.92 Å². The van der Waals surface area contributed by atoms with Crippen molar-refractivity contribution in [3.63, 3.8) is 0 Å². The first-order chi connectivity index (χ1) is 8.13. The Morgan fingerprint density at radius 3 is 2.88 bits per heavy atom. The van der Waals surface area contributed by atoms with Crippen molar-refractivity contribution in [1.82, 2.24) is 5.32 Å². The van der Waals surface area contributed by atoms with Crippen LogP contribution in [0.25, 0.3) is 0 Å². The molecule has 1 aromatic rings. The first-order valence-corrected chi connectivity index (χ1v) is 6.35. The zero-order chi connectivity index (χ0) is 12.4. The number of nitrogens with zero attached hydrogens (tertiary/aromatic N) is 1. The van der Waals surface area contributed by atoms with E-state index in [-0.39, 0.29) is 18.6 Å². The number of para-hydroxylation sites is 1. The third kappa shape index (κ3) is 2.51. The zero-order valence-corrected chi connectivity index (χ0v) is 11.1. The number of hydrogen-bond acceptors (Lipinski definition) is 3. The molecule has 5 heteroatoms. The molecule has 92 valence electrons. The summed E-state index contributed by atoms with van der Waals surface area (Å²) < 4.78 is 0.888. The molecule has 1 fully saturated rings. The van der Waals surface area contributed by atoms with E-state index in [2.05, 4.69) is 21.2 Å².